The first kappa shape index (κ1) is 9.30. The lowest BCUT2D eigenvalue weighted by Crippen LogP contribution is -2.14. The Hall–Kier alpha value is -0.790. The molecule has 1 atom stereocenters. The second kappa shape index (κ2) is 3.30. The zero-order valence-corrected chi connectivity index (χ0v) is 8.18. The normalized spacial score (nSPS) is 23.2. The Balaban J connectivity index is 2.68. The molecule has 1 unspecified atom stereocenters. The molecule has 0 aliphatic carbocycles. The third kappa shape index (κ3) is 1.68. The summed E-state index contributed by atoms with van der Waals surface area (Å²) in [4.78, 5) is 11.1. The van der Waals surface area contributed by atoms with Crippen LogP contribution < -0.4 is 0 Å². The second-order valence-corrected chi connectivity index (χ2v) is 3.70. The monoisotopic (exact) mass is 168 g/mol. The van der Waals surface area contributed by atoms with Gasteiger partial charge in [-0.05, 0) is 19.8 Å². The number of Topliss-reactive ketones (excluding diaryl/α,β-unsaturated/α-hetero) is 1. The standard InChI is InChI=1S/C10H16O2/c1-6(2)10-5-9(7(3)11)8(4)12-10/h6,10H,5H2,1-4H3. The number of hydrogen-bond donors (Lipinski definition) is 0. The van der Waals surface area contributed by atoms with Gasteiger partial charge in [0.05, 0.1) is 0 Å². The number of carbonyl (C=O) groups is 1. The van der Waals surface area contributed by atoms with Gasteiger partial charge < -0.3 is 4.74 Å². The largest absolute Gasteiger partial charge is 0.494 e. The van der Waals surface area contributed by atoms with E-state index >= 15 is 0 Å². The Morgan fingerprint density at radius 2 is 2.17 bits per heavy atom. The van der Waals surface area contributed by atoms with Gasteiger partial charge in [-0.25, -0.2) is 0 Å². The lowest BCUT2D eigenvalue weighted by Gasteiger charge is -2.14. The maximum Gasteiger partial charge on any atom is 0.159 e. The molecule has 1 rings (SSSR count). The Kier molecular flexibility index (Phi) is 2.55. The lowest BCUT2D eigenvalue weighted by atomic mass is 9.99. The molecule has 0 spiro atoms. The molecule has 0 aromatic heterocycles. The summed E-state index contributed by atoms with van der Waals surface area (Å²) < 4.78 is 5.56. The van der Waals surface area contributed by atoms with Crippen molar-refractivity contribution in [3.05, 3.63) is 11.3 Å². The lowest BCUT2D eigenvalue weighted by molar-refractivity contribution is -0.113. The molecule has 0 amide bonds. The van der Waals surface area contributed by atoms with E-state index in [0.717, 1.165) is 17.8 Å². The van der Waals surface area contributed by atoms with Crippen LogP contribution in [0, 0.1) is 5.92 Å². The molecule has 2 heteroatoms. The van der Waals surface area contributed by atoms with Gasteiger partial charge in [-0.2, -0.15) is 0 Å². The molecule has 1 aliphatic rings. The summed E-state index contributed by atoms with van der Waals surface area (Å²) >= 11 is 0. The van der Waals surface area contributed by atoms with E-state index in [2.05, 4.69) is 13.8 Å². The van der Waals surface area contributed by atoms with Crippen LogP contribution in [0.4, 0.5) is 0 Å². The van der Waals surface area contributed by atoms with E-state index in [1.807, 2.05) is 6.92 Å². The van der Waals surface area contributed by atoms with Crippen LogP contribution in [0.5, 0.6) is 0 Å². The van der Waals surface area contributed by atoms with Crippen molar-refractivity contribution in [1.29, 1.82) is 0 Å². The van der Waals surface area contributed by atoms with Crippen LogP contribution in [0.3, 0.4) is 0 Å². The zero-order valence-electron chi connectivity index (χ0n) is 8.18. The van der Waals surface area contributed by atoms with Gasteiger partial charge in [0, 0.05) is 12.0 Å². The average molecular weight is 168 g/mol. The number of ether oxygens (including phenoxy) is 1. The van der Waals surface area contributed by atoms with E-state index in [9.17, 15) is 4.79 Å². The molecule has 0 fully saturated rings. The van der Waals surface area contributed by atoms with Gasteiger partial charge in [-0.3, -0.25) is 4.79 Å². The van der Waals surface area contributed by atoms with Gasteiger partial charge in [-0.15, -0.1) is 0 Å². The molecule has 1 aliphatic heterocycles. The van der Waals surface area contributed by atoms with Crippen molar-refractivity contribution < 1.29 is 9.53 Å². The third-order valence-electron chi connectivity index (χ3n) is 2.33. The van der Waals surface area contributed by atoms with Gasteiger partial charge in [0.25, 0.3) is 0 Å². The van der Waals surface area contributed by atoms with Crippen molar-refractivity contribution in [2.45, 2.75) is 40.2 Å². The van der Waals surface area contributed by atoms with E-state index in [1.165, 1.54) is 0 Å². The first-order valence-corrected chi connectivity index (χ1v) is 4.39. The quantitative estimate of drug-likeness (QED) is 0.632. The van der Waals surface area contributed by atoms with Crippen LogP contribution in [0.1, 0.15) is 34.1 Å². The van der Waals surface area contributed by atoms with Gasteiger partial charge in [-0.1, -0.05) is 13.8 Å². The van der Waals surface area contributed by atoms with Crippen LogP contribution in [0.25, 0.3) is 0 Å². The van der Waals surface area contributed by atoms with Gasteiger partial charge in [0.2, 0.25) is 0 Å². The minimum atomic E-state index is 0.149. The summed E-state index contributed by atoms with van der Waals surface area (Å²) in [6, 6.07) is 0. The Labute approximate surface area is 73.6 Å². The minimum Gasteiger partial charge on any atom is -0.494 e. The van der Waals surface area contributed by atoms with Crippen molar-refractivity contribution in [2.24, 2.45) is 5.92 Å². The number of hydrogen-bond acceptors (Lipinski definition) is 2. The van der Waals surface area contributed by atoms with Crippen LogP contribution in [0.2, 0.25) is 0 Å². The van der Waals surface area contributed by atoms with E-state index < -0.39 is 0 Å². The second-order valence-electron chi connectivity index (χ2n) is 3.70. The highest BCUT2D eigenvalue weighted by Gasteiger charge is 2.27. The molecule has 0 saturated heterocycles. The van der Waals surface area contributed by atoms with Crippen molar-refractivity contribution in [3.63, 3.8) is 0 Å². The molecule has 68 valence electrons. The highest BCUT2D eigenvalue weighted by Crippen LogP contribution is 2.29. The molecule has 12 heavy (non-hydrogen) atoms. The zero-order chi connectivity index (χ0) is 9.30. The summed E-state index contributed by atoms with van der Waals surface area (Å²) in [6.07, 6.45) is 1.00. The van der Waals surface area contributed by atoms with Crippen molar-refractivity contribution >= 4 is 5.78 Å². The van der Waals surface area contributed by atoms with Gasteiger partial charge >= 0.3 is 0 Å². The molecule has 0 bridgehead atoms. The van der Waals surface area contributed by atoms with E-state index in [4.69, 9.17) is 4.74 Å². The summed E-state index contributed by atoms with van der Waals surface area (Å²) in [5, 5.41) is 0. The smallest absolute Gasteiger partial charge is 0.159 e. The highest BCUT2D eigenvalue weighted by atomic mass is 16.5. The van der Waals surface area contributed by atoms with Crippen molar-refractivity contribution in [3.8, 4) is 0 Å². The van der Waals surface area contributed by atoms with Gasteiger partial charge in [0.15, 0.2) is 5.78 Å². The number of allylic oxidation sites excluding steroid dienone is 1. The molecule has 0 aromatic rings. The van der Waals surface area contributed by atoms with Crippen molar-refractivity contribution in [2.75, 3.05) is 0 Å². The fourth-order valence-electron chi connectivity index (χ4n) is 1.45. The average Bonchev–Trinajstić information content (AvgIpc) is 2.30. The van der Waals surface area contributed by atoms with E-state index in [-0.39, 0.29) is 11.9 Å². The van der Waals surface area contributed by atoms with Gasteiger partial charge in [0.1, 0.15) is 11.9 Å². The van der Waals surface area contributed by atoms with Crippen LogP contribution in [-0.2, 0) is 9.53 Å². The minimum absolute atomic E-state index is 0.149. The molecule has 1 heterocycles. The molecule has 0 aromatic carbocycles. The third-order valence-corrected chi connectivity index (χ3v) is 2.33. The molecule has 0 radical (unpaired) electrons. The van der Waals surface area contributed by atoms with Crippen LogP contribution in [-0.4, -0.2) is 11.9 Å². The molecular formula is C10H16O2. The van der Waals surface area contributed by atoms with E-state index in [1.54, 1.807) is 6.92 Å². The summed E-state index contributed by atoms with van der Waals surface area (Å²) in [6.45, 7) is 7.70. The topological polar surface area (TPSA) is 26.3 Å². The fourth-order valence-corrected chi connectivity index (χ4v) is 1.45. The number of rotatable bonds is 2. The molecule has 2 nitrogen and oxygen atoms in total. The predicted octanol–water partition coefficient (Wildman–Crippen LogP) is 2.29. The Bertz CT molecular complexity index is 226. The predicted molar refractivity (Wildman–Crippen MR) is 47.7 cm³/mol. The molecular weight excluding hydrogens is 152 g/mol. The SMILES string of the molecule is CC(=O)C1=C(C)OC(C(C)C)C1. The Morgan fingerprint density at radius 1 is 1.58 bits per heavy atom. The van der Waals surface area contributed by atoms with Crippen molar-refractivity contribution in [1.82, 2.24) is 0 Å². The van der Waals surface area contributed by atoms with E-state index in [0.29, 0.717) is 5.92 Å². The van der Waals surface area contributed by atoms with Crippen LogP contribution >= 0.6 is 0 Å². The molecule has 0 saturated carbocycles. The fraction of sp³-hybridized carbons (Fsp3) is 0.700. The maximum absolute atomic E-state index is 11.1. The number of carbonyl (C=O) groups excluding carboxylic acids is 1. The summed E-state index contributed by atoms with van der Waals surface area (Å²) in [5.74, 6) is 1.45. The summed E-state index contributed by atoms with van der Waals surface area (Å²) in [5.41, 5.74) is 0.869. The molecule has 0 N–H and O–H groups in total. The first-order chi connectivity index (χ1) is 5.52. The Morgan fingerprint density at radius 3 is 2.42 bits per heavy atom. The number of ketones is 1. The highest BCUT2D eigenvalue weighted by molar-refractivity contribution is 5.94. The van der Waals surface area contributed by atoms with Crippen LogP contribution in [0.15, 0.2) is 11.3 Å². The summed E-state index contributed by atoms with van der Waals surface area (Å²) in [7, 11) is 0. The first-order valence-electron chi connectivity index (χ1n) is 4.39. The maximum atomic E-state index is 11.1.